The van der Waals surface area contributed by atoms with Gasteiger partial charge in [-0.3, -0.25) is 4.79 Å². The molecule has 0 spiro atoms. The summed E-state index contributed by atoms with van der Waals surface area (Å²) in [6.07, 6.45) is 0. The molecule has 1 aromatic heterocycles. The number of benzene rings is 1. The van der Waals surface area contributed by atoms with Gasteiger partial charge in [-0.15, -0.1) is 0 Å². The van der Waals surface area contributed by atoms with Crippen LogP contribution >= 0.6 is 15.9 Å². The van der Waals surface area contributed by atoms with E-state index in [-0.39, 0.29) is 5.78 Å². The van der Waals surface area contributed by atoms with E-state index in [1.165, 1.54) is 7.11 Å². The Labute approximate surface area is 131 Å². The lowest BCUT2D eigenvalue weighted by molar-refractivity contribution is 0.103. The highest BCUT2D eigenvalue weighted by molar-refractivity contribution is 9.10. The standard InChI is InChI=1S/C15H15BrN2O3/c1-8-7-11(9(2)18-17-8)14(19)10-5-6-12(20-3)13(16)15(10)21-4/h5-7H,1-4H3. The van der Waals surface area contributed by atoms with Crippen LogP contribution in [-0.4, -0.2) is 30.2 Å². The lowest BCUT2D eigenvalue weighted by atomic mass is 10.0. The molecule has 2 aromatic rings. The molecule has 0 atom stereocenters. The first-order valence-electron chi connectivity index (χ1n) is 6.25. The Morgan fingerprint density at radius 1 is 1.10 bits per heavy atom. The summed E-state index contributed by atoms with van der Waals surface area (Å²) < 4.78 is 11.2. The number of carbonyl (C=O) groups excluding carboxylic acids is 1. The average molecular weight is 351 g/mol. The van der Waals surface area contributed by atoms with Crippen LogP contribution in [0.5, 0.6) is 11.5 Å². The number of halogens is 1. The van der Waals surface area contributed by atoms with Gasteiger partial charge in [-0.1, -0.05) is 0 Å². The summed E-state index contributed by atoms with van der Waals surface area (Å²) in [6.45, 7) is 3.55. The third kappa shape index (κ3) is 2.90. The van der Waals surface area contributed by atoms with Crippen molar-refractivity contribution < 1.29 is 14.3 Å². The number of aromatic nitrogens is 2. The van der Waals surface area contributed by atoms with E-state index >= 15 is 0 Å². The molecule has 0 unspecified atom stereocenters. The van der Waals surface area contributed by atoms with Crippen LogP contribution in [0.2, 0.25) is 0 Å². The van der Waals surface area contributed by atoms with Crippen molar-refractivity contribution in [2.24, 2.45) is 0 Å². The van der Waals surface area contributed by atoms with Crippen LogP contribution in [0.3, 0.4) is 0 Å². The van der Waals surface area contributed by atoms with Gasteiger partial charge in [0, 0.05) is 5.56 Å². The minimum absolute atomic E-state index is 0.161. The van der Waals surface area contributed by atoms with Gasteiger partial charge in [-0.05, 0) is 48.0 Å². The maximum atomic E-state index is 12.7. The lowest BCUT2D eigenvalue weighted by Gasteiger charge is -2.13. The van der Waals surface area contributed by atoms with E-state index in [0.29, 0.717) is 38.5 Å². The fourth-order valence-electron chi connectivity index (χ4n) is 2.00. The number of nitrogens with zero attached hydrogens (tertiary/aromatic N) is 2. The van der Waals surface area contributed by atoms with E-state index in [1.807, 2.05) is 0 Å². The maximum absolute atomic E-state index is 12.7. The van der Waals surface area contributed by atoms with Crippen molar-refractivity contribution in [3.05, 3.63) is 45.2 Å². The van der Waals surface area contributed by atoms with Crippen molar-refractivity contribution in [2.75, 3.05) is 14.2 Å². The van der Waals surface area contributed by atoms with Crippen molar-refractivity contribution in [3.8, 4) is 11.5 Å². The van der Waals surface area contributed by atoms with Crippen molar-refractivity contribution in [3.63, 3.8) is 0 Å². The predicted molar refractivity (Wildman–Crippen MR) is 82.2 cm³/mol. The summed E-state index contributed by atoms with van der Waals surface area (Å²) in [5.74, 6) is 0.878. The van der Waals surface area contributed by atoms with Gasteiger partial charge in [0.05, 0.1) is 31.2 Å². The quantitative estimate of drug-likeness (QED) is 0.792. The highest BCUT2D eigenvalue weighted by atomic mass is 79.9. The first-order valence-corrected chi connectivity index (χ1v) is 7.05. The van der Waals surface area contributed by atoms with Crippen molar-refractivity contribution in [1.29, 1.82) is 0 Å². The molecule has 0 saturated carbocycles. The second-order valence-corrected chi connectivity index (χ2v) is 5.27. The monoisotopic (exact) mass is 350 g/mol. The minimum Gasteiger partial charge on any atom is -0.495 e. The fraction of sp³-hybridized carbons (Fsp3) is 0.267. The highest BCUT2D eigenvalue weighted by Crippen LogP contribution is 2.38. The van der Waals surface area contributed by atoms with Gasteiger partial charge in [-0.2, -0.15) is 10.2 Å². The van der Waals surface area contributed by atoms with Crippen LogP contribution in [-0.2, 0) is 0 Å². The van der Waals surface area contributed by atoms with E-state index in [2.05, 4.69) is 26.1 Å². The number of carbonyl (C=O) groups is 1. The van der Waals surface area contributed by atoms with Crippen LogP contribution < -0.4 is 9.47 Å². The van der Waals surface area contributed by atoms with E-state index in [9.17, 15) is 4.79 Å². The average Bonchev–Trinajstić information content (AvgIpc) is 2.48. The zero-order chi connectivity index (χ0) is 15.6. The van der Waals surface area contributed by atoms with E-state index in [0.717, 1.165) is 0 Å². The molecule has 0 aliphatic carbocycles. The van der Waals surface area contributed by atoms with Gasteiger partial charge in [0.1, 0.15) is 16.0 Å². The van der Waals surface area contributed by atoms with Crippen LogP contribution in [0.1, 0.15) is 27.3 Å². The molecule has 0 bridgehead atoms. The third-order valence-corrected chi connectivity index (χ3v) is 3.83. The number of aryl methyl sites for hydroxylation is 2. The second kappa shape index (κ2) is 6.22. The van der Waals surface area contributed by atoms with Crippen molar-refractivity contribution in [2.45, 2.75) is 13.8 Å². The normalized spacial score (nSPS) is 10.3. The Bertz CT molecular complexity index is 702. The van der Waals surface area contributed by atoms with E-state index in [4.69, 9.17) is 9.47 Å². The molecule has 5 nitrogen and oxygen atoms in total. The topological polar surface area (TPSA) is 61.3 Å². The number of methoxy groups -OCH3 is 2. The Hall–Kier alpha value is -1.95. The summed E-state index contributed by atoms with van der Waals surface area (Å²) in [5, 5.41) is 7.93. The molecule has 0 radical (unpaired) electrons. The summed E-state index contributed by atoms with van der Waals surface area (Å²) in [4.78, 5) is 12.7. The van der Waals surface area contributed by atoms with Crippen LogP contribution in [0.4, 0.5) is 0 Å². The van der Waals surface area contributed by atoms with E-state index in [1.54, 1.807) is 39.2 Å². The Balaban J connectivity index is 2.58. The minimum atomic E-state index is -0.161. The molecule has 0 aliphatic rings. The van der Waals surface area contributed by atoms with E-state index < -0.39 is 0 Å². The van der Waals surface area contributed by atoms with Gasteiger partial charge in [-0.25, -0.2) is 0 Å². The number of ketones is 1. The molecule has 6 heteroatoms. The molecule has 1 heterocycles. The molecule has 2 rings (SSSR count). The zero-order valence-corrected chi connectivity index (χ0v) is 13.8. The van der Waals surface area contributed by atoms with Gasteiger partial charge in [0.25, 0.3) is 0 Å². The molecular formula is C15H15BrN2O3. The SMILES string of the molecule is COc1ccc(C(=O)c2cc(C)nnc2C)c(OC)c1Br. The van der Waals surface area contributed by atoms with Gasteiger partial charge in [0.2, 0.25) is 0 Å². The first kappa shape index (κ1) is 15.4. The summed E-state index contributed by atoms with van der Waals surface area (Å²) in [7, 11) is 3.07. The molecule has 110 valence electrons. The molecule has 0 amide bonds. The summed E-state index contributed by atoms with van der Waals surface area (Å²) in [6, 6.07) is 5.12. The fourth-order valence-corrected chi connectivity index (χ4v) is 2.67. The van der Waals surface area contributed by atoms with Crippen molar-refractivity contribution in [1.82, 2.24) is 10.2 Å². The number of hydrogen-bond donors (Lipinski definition) is 0. The van der Waals surface area contributed by atoms with Gasteiger partial charge in [0.15, 0.2) is 5.78 Å². The predicted octanol–water partition coefficient (Wildman–Crippen LogP) is 3.10. The number of ether oxygens (including phenoxy) is 2. The Kier molecular flexibility index (Phi) is 4.57. The summed E-state index contributed by atoms with van der Waals surface area (Å²) >= 11 is 3.40. The summed E-state index contributed by atoms with van der Waals surface area (Å²) in [5.41, 5.74) is 2.23. The van der Waals surface area contributed by atoms with Crippen LogP contribution in [0.25, 0.3) is 0 Å². The molecule has 21 heavy (non-hydrogen) atoms. The molecule has 0 saturated heterocycles. The van der Waals surface area contributed by atoms with Gasteiger partial charge < -0.3 is 9.47 Å². The Morgan fingerprint density at radius 3 is 2.43 bits per heavy atom. The van der Waals surface area contributed by atoms with Crippen molar-refractivity contribution >= 4 is 21.7 Å². The molecule has 0 N–H and O–H groups in total. The Morgan fingerprint density at radius 2 is 1.81 bits per heavy atom. The maximum Gasteiger partial charge on any atom is 0.198 e. The number of hydrogen-bond acceptors (Lipinski definition) is 5. The molecule has 0 aliphatic heterocycles. The molecule has 0 fully saturated rings. The molecule has 1 aromatic carbocycles. The molecular weight excluding hydrogens is 336 g/mol. The highest BCUT2D eigenvalue weighted by Gasteiger charge is 2.21. The first-order chi connectivity index (χ1) is 9.99. The number of rotatable bonds is 4. The van der Waals surface area contributed by atoms with Crippen LogP contribution in [0.15, 0.2) is 22.7 Å². The second-order valence-electron chi connectivity index (χ2n) is 4.48. The van der Waals surface area contributed by atoms with Gasteiger partial charge >= 0.3 is 0 Å². The largest absolute Gasteiger partial charge is 0.495 e. The third-order valence-electron chi connectivity index (χ3n) is 3.08. The zero-order valence-electron chi connectivity index (χ0n) is 12.2. The lowest BCUT2D eigenvalue weighted by Crippen LogP contribution is -2.09. The smallest absolute Gasteiger partial charge is 0.198 e. The van der Waals surface area contributed by atoms with Crippen LogP contribution in [0, 0.1) is 13.8 Å².